The number of ketones is 1. The Hall–Kier alpha value is -0.850. The maximum atomic E-state index is 11.8. The molecule has 1 rings (SSSR count). The average Bonchev–Trinajstić information content (AvgIpc) is 2.27. The van der Waals surface area contributed by atoms with E-state index >= 15 is 0 Å². The van der Waals surface area contributed by atoms with Gasteiger partial charge in [-0.3, -0.25) is 4.79 Å². The molecule has 0 aliphatic carbocycles. The van der Waals surface area contributed by atoms with Gasteiger partial charge in [0.2, 0.25) is 0 Å². The van der Waals surface area contributed by atoms with Crippen molar-refractivity contribution in [3.8, 4) is 0 Å². The van der Waals surface area contributed by atoms with E-state index in [-0.39, 0.29) is 23.6 Å². The van der Waals surface area contributed by atoms with E-state index in [2.05, 4.69) is 0 Å². The molecule has 0 aliphatic heterocycles. The van der Waals surface area contributed by atoms with Gasteiger partial charge in [0, 0.05) is 23.1 Å². The van der Waals surface area contributed by atoms with Gasteiger partial charge in [0.1, 0.15) is 0 Å². The van der Waals surface area contributed by atoms with Gasteiger partial charge in [-0.15, -0.1) is 11.8 Å². The quantitative estimate of drug-likeness (QED) is 0.647. The van der Waals surface area contributed by atoms with Crippen LogP contribution in [0, 0.1) is 0 Å². The van der Waals surface area contributed by atoms with E-state index < -0.39 is 9.84 Å². The highest BCUT2D eigenvalue weighted by Gasteiger charge is 2.19. The first-order valence-corrected chi connectivity index (χ1v) is 8.13. The minimum Gasteiger partial charge on any atom is -0.330 e. The highest BCUT2D eigenvalue weighted by atomic mass is 32.2. The first kappa shape index (κ1) is 14.2. The number of rotatable bonds is 5. The first-order valence-electron chi connectivity index (χ1n) is 5.02. The molecule has 0 aromatic heterocycles. The van der Waals surface area contributed by atoms with Crippen LogP contribution in [0.4, 0.5) is 0 Å². The molecule has 0 saturated heterocycles. The van der Waals surface area contributed by atoms with Gasteiger partial charge in [0.25, 0.3) is 0 Å². The predicted molar refractivity (Wildman–Crippen MR) is 69.3 cm³/mol. The van der Waals surface area contributed by atoms with Crippen molar-refractivity contribution in [3.63, 3.8) is 0 Å². The molecule has 0 spiro atoms. The van der Waals surface area contributed by atoms with Crippen molar-refractivity contribution in [2.75, 3.05) is 19.1 Å². The van der Waals surface area contributed by atoms with Gasteiger partial charge in [-0.2, -0.15) is 0 Å². The summed E-state index contributed by atoms with van der Waals surface area (Å²) in [5.41, 5.74) is 5.77. The van der Waals surface area contributed by atoms with E-state index in [0.717, 1.165) is 6.26 Å². The predicted octanol–water partition coefficient (Wildman–Crippen LogP) is 1.34. The van der Waals surface area contributed by atoms with Gasteiger partial charge in [-0.1, -0.05) is 12.1 Å². The largest absolute Gasteiger partial charge is 0.330 e. The molecule has 6 heteroatoms. The molecule has 94 valence electrons. The molecule has 0 unspecified atom stereocenters. The second kappa shape index (κ2) is 5.66. The fourth-order valence-corrected chi connectivity index (χ4v) is 3.65. The molecule has 0 fully saturated rings. The van der Waals surface area contributed by atoms with Crippen molar-refractivity contribution in [3.05, 3.63) is 23.8 Å². The monoisotopic (exact) mass is 273 g/mol. The zero-order chi connectivity index (χ0) is 13.1. The van der Waals surface area contributed by atoms with Crippen LogP contribution in [0.25, 0.3) is 0 Å². The molecule has 0 atom stereocenters. The summed E-state index contributed by atoms with van der Waals surface area (Å²) in [6.07, 6.45) is 3.11. The van der Waals surface area contributed by atoms with Crippen molar-refractivity contribution in [2.24, 2.45) is 5.73 Å². The third-order valence-corrected chi connectivity index (χ3v) is 4.37. The zero-order valence-corrected chi connectivity index (χ0v) is 11.4. The highest BCUT2D eigenvalue weighted by molar-refractivity contribution is 7.99. The molecule has 0 bridgehead atoms. The Kier molecular flexibility index (Phi) is 4.73. The van der Waals surface area contributed by atoms with Crippen LogP contribution in [0.2, 0.25) is 0 Å². The standard InChI is InChI=1S/C11H15NO3S2/c1-16-11-8(9(13)6-7-12)4-3-5-10(11)17(2,14)15/h3-5H,6-7,12H2,1-2H3. The highest BCUT2D eigenvalue weighted by Crippen LogP contribution is 2.29. The van der Waals surface area contributed by atoms with Crippen molar-refractivity contribution >= 4 is 27.4 Å². The number of Topliss-reactive ketones (excluding diaryl/α,β-unsaturated/α-hetero) is 1. The zero-order valence-electron chi connectivity index (χ0n) is 9.76. The van der Waals surface area contributed by atoms with E-state index in [1.165, 1.54) is 17.8 Å². The fourth-order valence-electron chi connectivity index (χ4n) is 1.50. The van der Waals surface area contributed by atoms with Crippen LogP contribution in [0.5, 0.6) is 0 Å². The summed E-state index contributed by atoms with van der Waals surface area (Å²) in [4.78, 5) is 12.5. The van der Waals surface area contributed by atoms with Gasteiger partial charge in [0.05, 0.1) is 4.90 Å². The summed E-state index contributed by atoms with van der Waals surface area (Å²) in [7, 11) is -3.32. The Labute approximate surface area is 106 Å². The molecule has 4 nitrogen and oxygen atoms in total. The molecule has 1 aromatic rings. The molecule has 17 heavy (non-hydrogen) atoms. The van der Waals surface area contributed by atoms with E-state index in [1.54, 1.807) is 18.4 Å². The SMILES string of the molecule is CSc1c(C(=O)CCN)cccc1S(C)(=O)=O. The van der Waals surface area contributed by atoms with Crippen molar-refractivity contribution < 1.29 is 13.2 Å². The summed E-state index contributed by atoms with van der Waals surface area (Å²) < 4.78 is 23.2. The first-order chi connectivity index (χ1) is 7.91. The van der Waals surface area contributed by atoms with Crippen LogP contribution >= 0.6 is 11.8 Å². The number of thioether (sulfide) groups is 1. The molecule has 0 aliphatic rings. The van der Waals surface area contributed by atoms with E-state index in [9.17, 15) is 13.2 Å². The molecular weight excluding hydrogens is 258 g/mol. The molecule has 0 saturated carbocycles. The van der Waals surface area contributed by atoms with Crippen molar-refractivity contribution in [1.29, 1.82) is 0 Å². The number of hydrogen-bond donors (Lipinski definition) is 1. The van der Waals surface area contributed by atoms with Gasteiger partial charge < -0.3 is 5.73 Å². The minimum absolute atomic E-state index is 0.123. The van der Waals surface area contributed by atoms with Gasteiger partial charge in [-0.05, 0) is 18.9 Å². The summed E-state index contributed by atoms with van der Waals surface area (Å²) in [6.45, 7) is 0.260. The number of hydrogen-bond acceptors (Lipinski definition) is 5. The average molecular weight is 273 g/mol. The van der Waals surface area contributed by atoms with Crippen molar-refractivity contribution in [1.82, 2.24) is 0 Å². The lowest BCUT2D eigenvalue weighted by molar-refractivity contribution is 0.0982. The number of benzene rings is 1. The molecule has 0 amide bonds. The number of carbonyl (C=O) groups is 1. The molecule has 1 aromatic carbocycles. The lowest BCUT2D eigenvalue weighted by atomic mass is 10.1. The molecule has 0 heterocycles. The van der Waals surface area contributed by atoms with Crippen LogP contribution in [-0.4, -0.2) is 33.3 Å². The molecule has 2 N–H and O–H groups in total. The van der Waals surface area contributed by atoms with Crippen LogP contribution in [0.3, 0.4) is 0 Å². The van der Waals surface area contributed by atoms with Crippen LogP contribution in [0.1, 0.15) is 16.8 Å². The Morgan fingerprint density at radius 2 is 2.06 bits per heavy atom. The maximum Gasteiger partial charge on any atom is 0.176 e. The molecular formula is C11H15NO3S2. The summed E-state index contributed by atoms with van der Waals surface area (Å²) in [5, 5.41) is 0. The fraction of sp³-hybridized carbons (Fsp3) is 0.364. The lowest BCUT2D eigenvalue weighted by Crippen LogP contribution is -2.11. The van der Waals surface area contributed by atoms with Gasteiger partial charge in [0.15, 0.2) is 15.6 Å². The summed E-state index contributed by atoms with van der Waals surface area (Å²) in [5.74, 6) is -0.123. The number of sulfone groups is 1. The maximum absolute atomic E-state index is 11.8. The third-order valence-electron chi connectivity index (χ3n) is 2.25. The number of carbonyl (C=O) groups excluding carboxylic acids is 1. The topological polar surface area (TPSA) is 77.2 Å². The Balaban J connectivity index is 3.39. The van der Waals surface area contributed by atoms with Gasteiger partial charge >= 0.3 is 0 Å². The van der Waals surface area contributed by atoms with Crippen LogP contribution in [-0.2, 0) is 9.84 Å². The normalized spacial score (nSPS) is 11.5. The van der Waals surface area contributed by atoms with Crippen LogP contribution < -0.4 is 5.73 Å². The van der Waals surface area contributed by atoms with E-state index in [4.69, 9.17) is 5.73 Å². The summed E-state index contributed by atoms with van der Waals surface area (Å²) in [6, 6.07) is 4.73. The number of nitrogens with two attached hydrogens (primary N) is 1. The molecule has 0 radical (unpaired) electrons. The Morgan fingerprint density at radius 3 is 2.53 bits per heavy atom. The smallest absolute Gasteiger partial charge is 0.176 e. The second-order valence-corrected chi connectivity index (χ2v) is 6.37. The van der Waals surface area contributed by atoms with Crippen LogP contribution in [0.15, 0.2) is 28.0 Å². The summed E-state index contributed by atoms with van der Waals surface area (Å²) >= 11 is 1.26. The lowest BCUT2D eigenvalue weighted by Gasteiger charge is -2.10. The minimum atomic E-state index is -3.32. The second-order valence-electron chi connectivity index (χ2n) is 3.57. The van der Waals surface area contributed by atoms with Crippen molar-refractivity contribution in [2.45, 2.75) is 16.2 Å². The van der Waals surface area contributed by atoms with Gasteiger partial charge in [-0.25, -0.2) is 8.42 Å². The Morgan fingerprint density at radius 1 is 1.41 bits per heavy atom. The van der Waals surface area contributed by atoms with E-state index in [1.807, 2.05) is 0 Å². The third kappa shape index (κ3) is 3.31. The Bertz CT molecular complexity index is 524. The van der Waals surface area contributed by atoms with E-state index in [0.29, 0.717) is 10.5 Å².